The van der Waals surface area contributed by atoms with Crippen molar-refractivity contribution in [3.05, 3.63) is 34.3 Å². The van der Waals surface area contributed by atoms with E-state index in [2.05, 4.69) is 15.9 Å². The van der Waals surface area contributed by atoms with Crippen LogP contribution in [-0.2, 0) is 4.79 Å². The molecule has 0 heterocycles. The SMILES string of the molecule is N#CCCCC(F)C(=O)C(=O)c1cccc(Br)c1. The maximum absolute atomic E-state index is 13.5. The summed E-state index contributed by atoms with van der Waals surface area (Å²) in [6.07, 6.45) is -1.47. The van der Waals surface area contributed by atoms with Crippen LogP contribution in [0.3, 0.4) is 0 Å². The first kappa shape index (κ1) is 14.5. The summed E-state index contributed by atoms with van der Waals surface area (Å²) in [4.78, 5) is 23.2. The first-order valence-corrected chi connectivity index (χ1v) is 6.20. The molecule has 0 saturated heterocycles. The zero-order valence-electron chi connectivity index (χ0n) is 9.53. The van der Waals surface area contributed by atoms with Crippen molar-refractivity contribution < 1.29 is 14.0 Å². The lowest BCUT2D eigenvalue weighted by atomic mass is 10.0. The largest absolute Gasteiger partial charge is 0.287 e. The van der Waals surface area contributed by atoms with Crippen LogP contribution in [0.2, 0.25) is 0 Å². The van der Waals surface area contributed by atoms with E-state index in [1.54, 1.807) is 12.1 Å². The Hall–Kier alpha value is -1.54. The molecule has 18 heavy (non-hydrogen) atoms. The van der Waals surface area contributed by atoms with Gasteiger partial charge in [-0.15, -0.1) is 0 Å². The van der Waals surface area contributed by atoms with E-state index in [1.807, 2.05) is 6.07 Å². The van der Waals surface area contributed by atoms with Gasteiger partial charge in [0, 0.05) is 16.5 Å². The molecule has 5 heteroatoms. The molecule has 0 saturated carbocycles. The maximum atomic E-state index is 13.5. The molecule has 94 valence electrons. The summed E-state index contributed by atoms with van der Waals surface area (Å²) in [5, 5.41) is 8.31. The molecule has 0 fully saturated rings. The summed E-state index contributed by atoms with van der Waals surface area (Å²) in [5.41, 5.74) is 0.164. The fourth-order valence-corrected chi connectivity index (χ4v) is 1.80. The fraction of sp³-hybridized carbons (Fsp3) is 0.308. The van der Waals surface area contributed by atoms with Gasteiger partial charge in [0.15, 0.2) is 6.17 Å². The van der Waals surface area contributed by atoms with E-state index in [4.69, 9.17) is 5.26 Å². The molecule has 1 aromatic rings. The Morgan fingerprint density at radius 3 is 2.78 bits per heavy atom. The minimum Gasteiger partial charge on any atom is -0.287 e. The number of carbonyl (C=O) groups is 2. The van der Waals surface area contributed by atoms with E-state index >= 15 is 0 Å². The first-order valence-electron chi connectivity index (χ1n) is 5.41. The van der Waals surface area contributed by atoms with Crippen LogP contribution in [0.5, 0.6) is 0 Å². The summed E-state index contributed by atoms with van der Waals surface area (Å²) >= 11 is 3.17. The van der Waals surface area contributed by atoms with Gasteiger partial charge in [-0.3, -0.25) is 9.59 Å². The van der Waals surface area contributed by atoms with Crippen molar-refractivity contribution in [2.24, 2.45) is 0 Å². The van der Waals surface area contributed by atoms with Gasteiger partial charge in [0.25, 0.3) is 0 Å². The molecule has 1 rings (SSSR count). The van der Waals surface area contributed by atoms with Crippen molar-refractivity contribution in [2.45, 2.75) is 25.4 Å². The molecular weight excluding hydrogens is 301 g/mol. The zero-order chi connectivity index (χ0) is 13.5. The lowest BCUT2D eigenvalue weighted by Crippen LogP contribution is -2.25. The molecule has 0 bridgehead atoms. The summed E-state index contributed by atoms with van der Waals surface area (Å²) < 4.78 is 14.1. The number of alkyl halides is 1. The number of nitrogens with zero attached hydrogens (tertiary/aromatic N) is 1. The molecular formula is C13H11BrFNO2. The van der Waals surface area contributed by atoms with E-state index < -0.39 is 17.7 Å². The van der Waals surface area contributed by atoms with Crippen LogP contribution in [0.15, 0.2) is 28.7 Å². The molecule has 0 amide bonds. The number of nitriles is 1. The van der Waals surface area contributed by atoms with Crippen molar-refractivity contribution in [3.63, 3.8) is 0 Å². The number of Topliss-reactive ketones (excluding diaryl/α,β-unsaturated/α-hetero) is 2. The van der Waals surface area contributed by atoms with Gasteiger partial charge < -0.3 is 0 Å². The average Bonchev–Trinajstić information content (AvgIpc) is 2.37. The van der Waals surface area contributed by atoms with Gasteiger partial charge in [-0.05, 0) is 25.0 Å². The van der Waals surface area contributed by atoms with Gasteiger partial charge >= 0.3 is 0 Å². The van der Waals surface area contributed by atoms with Crippen LogP contribution in [-0.4, -0.2) is 17.7 Å². The lowest BCUT2D eigenvalue weighted by Gasteiger charge is -2.05. The number of benzene rings is 1. The number of unbranched alkanes of at least 4 members (excludes halogenated alkanes) is 1. The van der Waals surface area contributed by atoms with E-state index in [9.17, 15) is 14.0 Å². The fourth-order valence-electron chi connectivity index (χ4n) is 1.41. The molecule has 3 nitrogen and oxygen atoms in total. The Kier molecular flexibility index (Phi) is 5.66. The Bertz CT molecular complexity index is 496. The second-order valence-electron chi connectivity index (χ2n) is 3.72. The summed E-state index contributed by atoms with van der Waals surface area (Å²) in [5.74, 6) is -1.88. The van der Waals surface area contributed by atoms with Crippen LogP contribution in [0.25, 0.3) is 0 Å². The molecule has 1 atom stereocenters. The average molecular weight is 312 g/mol. The molecule has 0 aliphatic rings. The highest BCUT2D eigenvalue weighted by Gasteiger charge is 2.25. The topological polar surface area (TPSA) is 57.9 Å². The van der Waals surface area contributed by atoms with Crippen molar-refractivity contribution in [1.29, 1.82) is 5.26 Å². The van der Waals surface area contributed by atoms with Crippen molar-refractivity contribution in [2.75, 3.05) is 0 Å². The smallest absolute Gasteiger partial charge is 0.237 e. The van der Waals surface area contributed by atoms with Gasteiger partial charge in [-0.25, -0.2) is 4.39 Å². The van der Waals surface area contributed by atoms with E-state index in [0.717, 1.165) is 0 Å². The summed E-state index contributed by atoms with van der Waals surface area (Å²) in [6.45, 7) is 0. The number of halogens is 2. The van der Waals surface area contributed by atoms with Gasteiger partial charge in [0.2, 0.25) is 11.6 Å². The van der Waals surface area contributed by atoms with E-state index in [-0.39, 0.29) is 24.8 Å². The summed E-state index contributed by atoms with van der Waals surface area (Å²) in [6, 6.07) is 8.12. The van der Waals surface area contributed by atoms with Crippen LogP contribution in [0, 0.1) is 11.3 Å². The third kappa shape index (κ3) is 4.04. The number of hydrogen-bond donors (Lipinski definition) is 0. The van der Waals surface area contributed by atoms with Crippen LogP contribution >= 0.6 is 15.9 Å². The quantitative estimate of drug-likeness (QED) is 0.460. The van der Waals surface area contributed by atoms with Crippen molar-refractivity contribution >= 4 is 27.5 Å². The second kappa shape index (κ2) is 7.02. The van der Waals surface area contributed by atoms with Crippen LogP contribution in [0.1, 0.15) is 29.6 Å². The Morgan fingerprint density at radius 1 is 1.44 bits per heavy atom. The standard InChI is InChI=1S/C13H11BrFNO2/c14-10-5-3-4-9(8-10)12(17)13(18)11(15)6-1-2-7-16/h3-5,8,11H,1-2,6H2. The molecule has 0 spiro atoms. The number of carbonyl (C=O) groups excluding carboxylic acids is 2. The molecule has 0 N–H and O–H groups in total. The van der Waals surface area contributed by atoms with Crippen molar-refractivity contribution in [1.82, 2.24) is 0 Å². The molecule has 1 aromatic carbocycles. The number of ketones is 2. The van der Waals surface area contributed by atoms with Gasteiger partial charge in [0.1, 0.15) is 0 Å². The second-order valence-corrected chi connectivity index (χ2v) is 4.64. The van der Waals surface area contributed by atoms with Gasteiger partial charge in [-0.1, -0.05) is 28.1 Å². The zero-order valence-corrected chi connectivity index (χ0v) is 11.1. The monoisotopic (exact) mass is 311 g/mol. The van der Waals surface area contributed by atoms with E-state index in [1.165, 1.54) is 12.1 Å². The Balaban J connectivity index is 2.67. The molecule has 1 unspecified atom stereocenters. The Morgan fingerprint density at radius 2 is 2.17 bits per heavy atom. The van der Waals surface area contributed by atoms with Gasteiger partial charge in [0.05, 0.1) is 6.07 Å². The van der Waals surface area contributed by atoms with Crippen molar-refractivity contribution in [3.8, 4) is 6.07 Å². The van der Waals surface area contributed by atoms with Crippen LogP contribution < -0.4 is 0 Å². The molecule has 0 aliphatic heterocycles. The van der Waals surface area contributed by atoms with E-state index in [0.29, 0.717) is 4.47 Å². The van der Waals surface area contributed by atoms with Crippen LogP contribution in [0.4, 0.5) is 4.39 Å². The third-order valence-corrected chi connectivity index (χ3v) is 2.83. The molecule has 0 aliphatic carbocycles. The maximum Gasteiger partial charge on any atom is 0.237 e. The highest BCUT2D eigenvalue weighted by Crippen LogP contribution is 2.15. The number of rotatable bonds is 6. The third-order valence-electron chi connectivity index (χ3n) is 2.34. The molecule has 0 aromatic heterocycles. The highest BCUT2D eigenvalue weighted by molar-refractivity contribution is 9.10. The lowest BCUT2D eigenvalue weighted by molar-refractivity contribution is -0.119. The Labute approximate surface area is 113 Å². The highest BCUT2D eigenvalue weighted by atomic mass is 79.9. The molecule has 0 radical (unpaired) electrons. The predicted molar refractivity (Wildman–Crippen MR) is 67.8 cm³/mol. The minimum atomic E-state index is -1.83. The number of hydrogen-bond acceptors (Lipinski definition) is 3. The normalized spacial score (nSPS) is 11.6. The van der Waals surface area contributed by atoms with Gasteiger partial charge in [-0.2, -0.15) is 5.26 Å². The predicted octanol–water partition coefficient (Wildman–Crippen LogP) is 3.23. The minimum absolute atomic E-state index is 0.0911. The first-order chi connectivity index (χ1) is 8.56. The summed E-state index contributed by atoms with van der Waals surface area (Å²) in [7, 11) is 0.